The molecule has 0 fully saturated rings. The number of nitrogens with zero attached hydrogens (tertiary/aromatic N) is 2. The molecule has 0 atom stereocenters. The average molecular weight is 365 g/mol. The van der Waals surface area contributed by atoms with Crippen LogP contribution in [0, 0.1) is 19.7 Å². The van der Waals surface area contributed by atoms with E-state index < -0.39 is 5.76 Å². The molecule has 0 bridgehead atoms. The number of aryl methyl sites for hydroxylation is 2. The summed E-state index contributed by atoms with van der Waals surface area (Å²) in [6.45, 7) is 3.57. The predicted octanol–water partition coefficient (Wildman–Crippen LogP) is 4.15. The largest absolute Gasteiger partial charge is 0.417 e. The van der Waals surface area contributed by atoms with E-state index in [-0.39, 0.29) is 5.82 Å². The molecule has 2 aromatic heterocycles. The number of hydrogen-bond acceptors (Lipinski definition) is 6. The summed E-state index contributed by atoms with van der Waals surface area (Å²) in [4.78, 5) is 22.6. The molecule has 8 heteroatoms. The van der Waals surface area contributed by atoms with Gasteiger partial charge in [-0.15, -0.1) is 0 Å². The fraction of sp³-hybridized carbons (Fsp3) is 0.105. The lowest BCUT2D eigenvalue weighted by molar-refractivity contribution is 0.555. The van der Waals surface area contributed by atoms with Gasteiger partial charge in [0.05, 0.1) is 5.52 Å². The quantitative estimate of drug-likeness (QED) is 0.503. The summed E-state index contributed by atoms with van der Waals surface area (Å²) in [5, 5.41) is 6.18. The van der Waals surface area contributed by atoms with Crippen molar-refractivity contribution in [3.8, 4) is 0 Å². The van der Waals surface area contributed by atoms with Crippen molar-refractivity contribution in [2.45, 2.75) is 13.8 Å². The third-order valence-corrected chi connectivity index (χ3v) is 4.08. The highest BCUT2D eigenvalue weighted by Crippen LogP contribution is 2.23. The van der Waals surface area contributed by atoms with E-state index in [1.807, 2.05) is 6.92 Å². The molecule has 0 amide bonds. The zero-order valence-corrected chi connectivity index (χ0v) is 14.6. The van der Waals surface area contributed by atoms with Crippen molar-refractivity contribution < 1.29 is 8.81 Å². The molecule has 0 aliphatic heterocycles. The lowest BCUT2D eigenvalue weighted by atomic mass is 10.2. The van der Waals surface area contributed by atoms with Crippen LogP contribution in [0.1, 0.15) is 11.1 Å². The zero-order valence-electron chi connectivity index (χ0n) is 14.6. The van der Waals surface area contributed by atoms with Crippen LogP contribution in [0.25, 0.3) is 11.1 Å². The second kappa shape index (κ2) is 6.56. The van der Waals surface area contributed by atoms with Crippen molar-refractivity contribution in [1.29, 1.82) is 0 Å². The topological polar surface area (TPSA) is 95.8 Å². The molecule has 0 saturated carbocycles. The monoisotopic (exact) mass is 365 g/mol. The number of aromatic amines is 1. The highest BCUT2D eigenvalue weighted by Gasteiger charge is 2.08. The standard InChI is InChI=1S/C19H16FN5O2/c1-10-3-4-12(7-14(10)20)23-18-21-9-11(2)17(25-18)22-13-5-6-16-15(8-13)24-19(26)27-16/h3-9H,1-2H3,(H,24,26)(H2,21,22,23,25). The van der Waals surface area contributed by atoms with E-state index in [2.05, 4.69) is 25.6 Å². The Hall–Kier alpha value is -3.68. The van der Waals surface area contributed by atoms with Crippen molar-refractivity contribution in [2.75, 3.05) is 10.6 Å². The van der Waals surface area contributed by atoms with Crippen molar-refractivity contribution in [1.82, 2.24) is 15.0 Å². The fourth-order valence-corrected chi connectivity index (χ4v) is 2.60. The number of hydrogen-bond donors (Lipinski definition) is 3. The van der Waals surface area contributed by atoms with Crippen molar-refractivity contribution in [3.05, 3.63) is 70.1 Å². The number of nitrogens with one attached hydrogen (secondary N) is 3. The van der Waals surface area contributed by atoms with Crippen LogP contribution in [-0.2, 0) is 0 Å². The summed E-state index contributed by atoms with van der Waals surface area (Å²) < 4.78 is 18.7. The van der Waals surface area contributed by atoms with Crippen LogP contribution in [-0.4, -0.2) is 15.0 Å². The van der Waals surface area contributed by atoms with E-state index in [0.717, 1.165) is 11.3 Å². The van der Waals surface area contributed by atoms with E-state index in [4.69, 9.17) is 4.42 Å². The maximum absolute atomic E-state index is 13.7. The number of anilines is 4. The van der Waals surface area contributed by atoms with Crippen LogP contribution in [0.3, 0.4) is 0 Å². The van der Waals surface area contributed by atoms with Crippen molar-refractivity contribution >= 4 is 34.2 Å². The smallest absolute Gasteiger partial charge is 0.408 e. The number of H-pyrrole nitrogens is 1. The molecule has 3 N–H and O–H groups in total. The lowest BCUT2D eigenvalue weighted by Crippen LogP contribution is -2.03. The number of oxazole rings is 1. The molecule has 0 aliphatic rings. The third-order valence-electron chi connectivity index (χ3n) is 4.08. The predicted molar refractivity (Wildman–Crippen MR) is 101 cm³/mol. The molecular formula is C19H16FN5O2. The maximum atomic E-state index is 13.7. The minimum Gasteiger partial charge on any atom is -0.408 e. The van der Waals surface area contributed by atoms with Gasteiger partial charge in [-0.2, -0.15) is 4.98 Å². The van der Waals surface area contributed by atoms with Gasteiger partial charge >= 0.3 is 5.76 Å². The maximum Gasteiger partial charge on any atom is 0.417 e. The van der Waals surface area contributed by atoms with E-state index in [9.17, 15) is 9.18 Å². The van der Waals surface area contributed by atoms with Crippen molar-refractivity contribution in [3.63, 3.8) is 0 Å². The number of aromatic nitrogens is 3. The fourth-order valence-electron chi connectivity index (χ4n) is 2.60. The molecule has 7 nitrogen and oxygen atoms in total. The van der Waals surface area contributed by atoms with Gasteiger partial charge in [0.15, 0.2) is 5.58 Å². The molecule has 0 unspecified atom stereocenters. The SMILES string of the molecule is Cc1ccc(Nc2ncc(C)c(Nc3ccc4oc(=O)[nH]c4c3)n2)cc1F. The van der Waals surface area contributed by atoms with Gasteiger partial charge in [0.1, 0.15) is 11.6 Å². The average Bonchev–Trinajstić information content (AvgIpc) is 3.00. The van der Waals surface area contributed by atoms with Crippen LogP contribution in [0.5, 0.6) is 0 Å². The number of rotatable bonds is 4. The lowest BCUT2D eigenvalue weighted by Gasteiger charge is -2.11. The van der Waals surface area contributed by atoms with Crippen LogP contribution in [0.2, 0.25) is 0 Å². The van der Waals surface area contributed by atoms with E-state index in [1.165, 1.54) is 6.07 Å². The second-order valence-corrected chi connectivity index (χ2v) is 6.16. The van der Waals surface area contributed by atoms with E-state index in [1.54, 1.807) is 43.5 Å². The van der Waals surface area contributed by atoms with Crippen LogP contribution >= 0.6 is 0 Å². The molecule has 0 radical (unpaired) electrons. The Kier molecular flexibility index (Phi) is 4.08. The zero-order chi connectivity index (χ0) is 19.0. The van der Waals surface area contributed by atoms with Crippen LogP contribution in [0.4, 0.5) is 27.5 Å². The third kappa shape index (κ3) is 3.50. The number of halogens is 1. The van der Waals surface area contributed by atoms with Gasteiger partial charge in [-0.3, -0.25) is 4.98 Å². The summed E-state index contributed by atoms with van der Waals surface area (Å²) in [5.74, 6) is 0.125. The minimum atomic E-state index is -0.503. The molecule has 4 rings (SSSR count). The first-order chi connectivity index (χ1) is 13.0. The highest BCUT2D eigenvalue weighted by molar-refractivity contribution is 5.78. The van der Waals surface area contributed by atoms with Gasteiger partial charge in [-0.1, -0.05) is 6.07 Å². The van der Waals surface area contributed by atoms with Gasteiger partial charge in [-0.25, -0.2) is 14.2 Å². The van der Waals surface area contributed by atoms with Gasteiger partial charge < -0.3 is 15.1 Å². The summed E-state index contributed by atoms with van der Waals surface area (Å²) >= 11 is 0. The molecular weight excluding hydrogens is 349 g/mol. The first-order valence-electron chi connectivity index (χ1n) is 8.25. The summed E-state index contributed by atoms with van der Waals surface area (Å²) in [6.07, 6.45) is 1.67. The first-order valence-corrected chi connectivity index (χ1v) is 8.25. The Bertz CT molecular complexity index is 1200. The number of benzene rings is 2. The summed E-state index contributed by atoms with van der Waals surface area (Å²) in [6, 6.07) is 10.1. The Balaban J connectivity index is 1.61. The van der Waals surface area contributed by atoms with Crippen LogP contribution < -0.4 is 16.4 Å². The Morgan fingerprint density at radius 2 is 1.81 bits per heavy atom. The molecule has 2 heterocycles. The molecule has 0 aliphatic carbocycles. The molecule has 136 valence electrons. The highest BCUT2D eigenvalue weighted by atomic mass is 19.1. The van der Waals surface area contributed by atoms with Gasteiger partial charge in [-0.05, 0) is 49.7 Å². The Morgan fingerprint density at radius 1 is 1.04 bits per heavy atom. The minimum absolute atomic E-state index is 0.298. The molecule has 2 aromatic carbocycles. The van der Waals surface area contributed by atoms with Gasteiger partial charge in [0.25, 0.3) is 0 Å². The van der Waals surface area contributed by atoms with Gasteiger partial charge in [0.2, 0.25) is 5.95 Å². The second-order valence-electron chi connectivity index (χ2n) is 6.16. The molecule has 4 aromatic rings. The van der Waals surface area contributed by atoms with E-state index in [0.29, 0.717) is 34.1 Å². The van der Waals surface area contributed by atoms with Gasteiger partial charge in [0, 0.05) is 23.1 Å². The molecule has 0 saturated heterocycles. The first kappa shape index (κ1) is 16.8. The normalized spacial score (nSPS) is 10.9. The summed E-state index contributed by atoms with van der Waals surface area (Å²) in [5.41, 5.74) is 3.76. The Labute approximate surface area is 153 Å². The van der Waals surface area contributed by atoms with Crippen molar-refractivity contribution in [2.24, 2.45) is 0 Å². The number of fused-ring (bicyclic) bond motifs is 1. The van der Waals surface area contributed by atoms with E-state index >= 15 is 0 Å². The Morgan fingerprint density at radius 3 is 2.63 bits per heavy atom. The van der Waals surface area contributed by atoms with Crippen LogP contribution in [0.15, 0.2) is 51.8 Å². The summed E-state index contributed by atoms with van der Waals surface area (Å²) in [7, 11) is 0. The molecule has 27 heavy (non-hydrogen) atoms. The molecule has 0 spiro atoms.